The molecule has 0 fully saturated rings. The fourth-order valence-corrected chi connectivity index (χ4v) is 1.19. The highest BCUT2D eigenvalue weighted by atomic mass is 16.6. The molecule has 1 amide bonds. The molecule has 0 aromatic heterocycles. The van der Waals surface area contributed by atoms with Gasteiger partial charge in [-0.05, 0) is 12.1 Å². The number of amides is 1. The fourth-order valence-electron chi connectivity index (χ4n) is 1.19. The van der Waals surface area contributed by atoms with Gasteiger partial charge in [-0.1, -0.05) is 18.2 Å². The third kappa shape index (κ3) is 3.87. The molecule has 1 rings (SSSR count). The van der Waals surface area contributed by atoms with Crippen LogP contribution < -0.4 is 5.48 Å². The number of ether oxygens (including phenoxy) is 1. The number of rotatable bonds is 5. The van der Waals surface area contributed by atoms with Gasteiger partial charge in [0.1, 0.15) is 0 Å². The summed E-state index contributed by atoms with van der Waals surface area (Å²) in [7, 11) is 0. The summed E-state index contributed by atoms with van der Waals surface area (Å²) >= 11 is 0. The van der Waals surface area contributed by atoms with Gasteiger partial charge in [-0.3, -0.25) is 14.8 Å². The maximum absolute atomic E-state index is 11.6. The monoisotopic (exact) mass is 253 g/mol. The van der Waals surface area contributed by atoms with E-state index in [1.165, 1.54) is 17.6 Å². The first kappa shape index (κ1) is 13.7. The first-order chi connectivity index (χ1) is 8.54. The molecular weight excluding hydrogens is 242 g/mol. The van der Waals surface area contributed by atoms with Crippen molar-refractivity contribution < 1.29 is 29.4 Å². The molecule has 1 aromatic carbocycles. The van der Waals surface area contributed by atoms with Crippen molar-refractivity contribution in [2.45, 2.75) is 12.5 Å². The van der Waals surface area contributed by atoms with Crippen LogP contribution in [0.1, 0.15) is 16.8 Å². The molecule has 0 radical (unpaired) electrons. The summed E-state index contributed by atoms with van der Waals surface area (Å²) in [4.78, 5) is 33.2. The van der Waals surface area contributed by atoms with E-state index in [4.69, 9.17) is 15.1 Å². The molecule has 7 heteroatoms. The molecular formula is C11H11NO6. The van der Waals surface area contributed by atoms with E-state index >= 15 is 0 Å². The number of carboxylic acid groups (broad SMARTS) is 1. The Morgan fingerprint density at radius 2 is 1.83 bits per heavy atom. The zero-order valence-electron chi connectivity index (χ0n) is 9.20. The summed E-state index contributed by atoms with van der Waals surface area (Å²) in [6.07, 6.45) is -2.31. The number of esters is 1. The summed E-state index contributed by atoms with van der Waals surface area (Å²) in [6, 6.07) is 7.78. The van der Waals surface area contributed by atoms with Crippen LogP contribution in [0.15, 0.2) is 30.3 Å². The van der Waals surface area contributed by atoms with Gasteiger partial charge in [-0.25, -0.2) is 10.3 Å². The summed E-state index contributed by atoms with van der Waals surface area (Å²) in [5, 5.41) is 17.0. The Morgan fingerprint density at radius 3 is 2.33 bits per heavy atom. The molecule has 0 aliphatic rings. The van der Waals surface area contributed by atoms with E-state index in [1.54, 1.807) is 18.2 Å². The molecule has 0 spiro atoms. The fraction of sp³-hybridized carbons (Fsp3) is 0.182. The van der Waals surface area contributed by atoms with Crippen LogP contribution in [0.5, 0.6) is 0 Å². The van der Waals surface area contributed by atoms with Crippen LogP contribution in [0.2, 0.25) is 0 Å². The van der Waals surface area contributed by atoms with Crippen LogP contribution in [0.4, 0.5) is 0 Å². The summed E-state index contributed by atoms with van der Waals surface area (Å²) in [5.41, 5.74) is 1.43. The van der Waals surface area contributed by atoms with Gasteiger partial charge < -0.3 is 9.84 Å². The Bertz CT molecular complexity index is 444. The Balaban J connectivity index is 2.74. The molecule has 1 aromatic rings. The van der Waals surface area contributed by atoms with Gasteiger partial charge in [0.2, 0.25) is 0 Å². The first-order valence-electron chi connectivity index (χ1n) is 4.96. The number of carbonyl (C=O) groups excluding carboxylic acids is 2. The summed E-state index contributed by atoms with van der Waals surface area (Å²) in [6.45, 7) is 0. The zero-order chi connectivity index (χ0) is 13.5. The van der Waals surface area contributed by atoms with Crippen LogP contribution in [0, 0.1) is 0 Å². The number of hydrogen-bond acceptors (Lipinski definition) is 5. The van der Waals surface area contributed by atoms with E-state index in [0.717, 1.165) is 0 Å². The van der Waals surface area contributed by atoms with Crippen LogP contribution in [-0.4, -0.2) is 34.3 Å². The van der Waals surface area contributed by atoms with Crippen molar-refractivity contribution >= 4 is 17.8 Å². The third-order valence-corrected chi connectivity index (χ3v) is 2.02. The van der Waals surface area contributed by atoms with Crippen LogP contribution in [0.25, 0.3) is 0 Å². The number of hydroxylamine groups is 1. The number of carboxylic acids is 1. The van der Waals surface area contributed by atoms with Crippen molar-refractivity contribution in [3.63, 3.8) is 0 Å². The molecule has 1 unspecified atom stereocenters. The summed E-state index contributed by atoms with van der Waals surface area (Å²) < 4.78 is 4.71. The molecule has 0 saturated heterocycles. The quantitative estimate of drug-likeness (QED) is 0.392. The second-order valence-corrected chi connectivity index (χ2v) is 3.33. The molecule has 18 heavy (non-hydrogen) atoms. The molecule has 96 valence electrons. The highest BCUT2D eigenvalue weighted by Gasteiger charge is 2.26. The third-order valence-electron chi connectivity index (χ3n) is 2.02. The number of hydrogen-bond donors (Lipinski definition) is 3. The van der Waals surface area contributed by atoms with Crippen molar-refractivity contribution in [3.05, 3.63) is 35.9 Å². The van der Waals surface area contributed by atoms with Crippen LogP contribution in [-0.2, 0) is 14.3 Å². The van der Waals surface area contributed by atoms with Gasteiger partial charge >= 0.3 is 11.9 Å². The standard InChI is InChI=1S/C11H11NO6/c13-9(14)6-8(10(15)12-17)18-11(16)7-4-2-1-3-5-7/h1-5,8,17H,6H2,(H,12,15)(H,13,14). The molecule has 0 aliphatic carbocycles. The topological polar surface area (TPSA) is 113 Å². The van der Waals surface area contributed by atoms with E-state index in [9.17, 15) is 14.4 Å². The highest BCUT2D eigenvalue weighted by Crippen LogP contribution is 2.06. The lowest BCUT2D eigenvalue weighted by Crippen LogP contribution is -2.37. The molecule has 7 nitrogen and oxygen atoms in total. The van der Waals surface area contributed by atoms with Crippen molar-refractivity contribution in [3.8, 4) is 0 Å². The Morgan fingerprint density at radius 1 is 1.22 bits per heavy atom. The van der Waals surface area contributed by atoms with Crippen molar-refractivity contribution in [1.29, 1.82) is 0 Å². The minimum atomic E-state index is -1.58. The van der Waals surface area contributed by atoms with E-state index in [-0.39, 0.29) is 5.56 Å². The summed E-state index contributed by atoms with van der Waals surface area (Å²) in [5.74, 6) is -3.27. The van der Waals surface area contributed by atoms with E-state index < -0.39 is 30.4 Å². The second kappa shape index (κ2) is 6.36. The highest BCUT2D eigenvalue weighted by molar-refractivity contribution is 5.93. The molecule has 1 atom stereocenters. The van der Waals surface area contributed by atoms with Gasteiger partial charge in [0.25, 0.3) is 5.91 Å². The van der Waals surface area contributed by atoms with Crippen molar-refractivity contribution in [2.75, 3.05) is 0 Å². The Labute approximate surface area is 102 Å². The SMILES string of the molecule is O=C(O)CC(OC(=O)c1ccccc1)C(=O)NO. The van der Waals surface area contributed by atoms with Gasteiger partial charge in [0, 0.05) is 0 Å². The minimum Gasteiger partial charge on any atom is -0.481 e. The van der Waals surface area contributed by atoms with Gasteiger partial charge in [-0.15, -0.1) is 0 Å². The van der Waals surface area contributed by atoms with Crippen molar-refractivity contribution in [1.82, 2.24) is 5.48 Å². The second-order valence-electron chi connectivity index (χ2n) is 3.33. The van der Waals surface area contributed by atoms with Gasteiger partial charge in [0.05, 0.1) is 12.0 Å². The number of benzene rings is 1. The molecule has 0 heterocycles. The zero-order valence-corrected chi connectivity index (χ0v) is 9.20. The maximum atomic E-state index is 11.6. The van der Waals surface area contributed by atoms with E-state index in [1.807, 2.05) is 0 Å². The average molecular weight is 253 g/mol. The average Bonchev–Trinajstić information content (AvgIpc) is 2.37. The molecule has 0 aliphatic heterocycles. The lowest BCUT2D eigenvalue weighted by Gasteiger charge is -2.13. The molecule has 3 N–H and O–H groups in total. The van der Waals surface area contributed by atoms with Crippen LogP contribution >= 0.6 is 0 Å². The Kier molecular flexibility index (Phi) is 4.82. The first-order valence-corrected chi connectivity index (χ1v) is 4.96. The molecule has 0 saturated carbocycles. The largest absolute Gasteiger partial charge is 0.481 e. The lowest BCUT2D eigenvalue weighted by molar-refractivity contribution is -0.147. The van der Waals surface area contributed by atoms with Gasteiger partial charge in [-0.2, -0.15) is 0 Å². The Hall–Kier alpha value is -2.41. The smallest absolute Gasteiger partial charge is 0.338 e. The van der Waals surface area contributed by atoms with E-state index in [0.29, 0.717) is 0 Å². The maximum Gasteiger partial charge on any atom is 0.338 e. The number of nitrogens with one attached hydrogen (secondary N) is 1. The minimum absolute atomic E-state index is 0.179. The number of aliphatic carboxylic acids is 1. The predicted octanol–water partition coefficient (Wildman–Crippen LogP) is 0.192. The predicted molar refractivity (Wildman–Crippen MR) is 57.8 cm³/mol. The van der Waals surface area contributed by atoms with Gasteiger partial charge in [0.15, 0.2) is 6.10 Å². The lowest BCUT2D eigenvalue weighted by atomic mass is 10.2. The normalized spacial score (nSPS) is 11.4. The number of carbonyl (C=O) groups is 3. The van der Waals surface area contributed by atoms with Crippen molar-refractivity contribution in [2.24, 2.45) is 0 Å². The molecule has 0 bridgehead atoms. The van der Waals surface area contributed by atoms with Crippen LogP contribution in [0.3, 0.4) is 0 Å². The van der Waals surface area contributed by atoms with E-state index in [2.05, 4.69) is 0 Å².